The van der Waals surface area contributed by atoms with Gasteiger partial charge in [-0.15, -0.1) is 24.0 Å². The van der Waals surface area contributed by atoms with Gasteiger partial charge in [-0.3, -0.25) is 4.99 Å². The van der Waals surface area contributed by atoms with Gasteiger partial charge in [0.05, 0.1) is 6.61 Å². The van der Waals surface area contributed by atoms with Gasteiger partial charge < -0.3 is 15.0 Å². The first-order chi connectivity index (χ1) is 10.0. The molecule has 1 saturated carbocycles. The summed E-state index contributed by atoms with van der Waals surface area (Å²) in [5.41, 5.74) is 0.351. The topological polar surface area (TPSA) is 36.9 Å². The van der Waals surface area contributed by atoms with Gasteiger partial charge in [0.2, 0.25) is 0 Å². The molecule has 1 atom stereocenters. The third kappa shape index (κ3) is 5.55. The van der Waals surface area contributed by atoms with E-state index >= 15 is 0 Å². The summed E-state index contributed by atoms with van der Waals surface area (Å²) in [4.78, 5) is 6.70. The maximum absolute atomic E-state index is 5.47. The van der Waals surface area contributed by atoms with Gasteiger partial charge in [0.25, 0.3) is 0 Å². The maximum Gasteiger partial charge on any atom is 0.193 e. The lowest BCUT2D eigenvalue weighted by Gasteiger charge is -2.34. The Kier molecular flexibility index (Phi) is 8.46. The number of hydrogen-bond acceptors (Lipinski definition) is 2. The number of nitrogens with zero attached hydrogens (tertiary/aromatic N) is 2. The minimum absolute atomic E-state index is 0. The van der Waals surface area contributed by atoms with Crippen LogP contribution in [0.5, 0.6) is 0 Å². The molecule has 0 aromatic rings. The number of guanidine groups is 1. The highest BCUT2D eigenvalue weighted by atomic mass is 127. The van der Waals surface area contributed by atoms with Crippen LogP contribution in [0.3, 0.4) is 0 Å². The predicted octanol–water partition coefficient (Wildman–Crippen LogP) is 3.36. The molecule has 0 amide bonds. The van der Waals surface area contributed by atoms with Gasteiger partial charge in [-0.2, -0.15) is 0 Å². The Balaban J connectivity index is 0.00000242. The van der Waals surface area contributed by atoms with Gasteiger partial charge in [-0.1, -0.05) is 26.7 Å². The van der Waals surface area contributed by atoms with E-state index < -0.39 is 0 Å². The summed E-state index contributed by atoms with van der Waals surface area (Å²) in [5, 5.41) is 3.60. The fourth-order valence-corrected chi connectivity index (χ4v) is 3.74. The fraction of sp³-hybridized carbons (Fsp3) is 0.941. The molecule has 5 heteroatoms. The summed E-state index contributed by atoms with van der Waals surface area (Å²) in [7, 11) is 4.02. The van der Waals surface area contributed by atoms with Crippen molar-refractivity contribution in [2.24, 2.45) is 22.2 Å². The van der Waals surface area contributed by atoms with Crippen LogP contribution < -0.4 is 5.32 Å². The highest BCUT2D eigenvalue weighted by molar-refractivity contribution is 14.0. The maximum atomic E-state index is 5.47. The Morgan fingerprint density at radius 3 is 2.50 bits per heavy atom. The summed E-state index contributed by atoms with van der Waals surface area (Å²) >= 11 is 0. The zero-order valence-electron chi connectivity index (χ0n) is 14.7. The van der Waals surface area contributed by atoms with Crippen molar-refractivity contribution in [3.63, 3.8) is 0 Å². The first-order valence-electron chi connectivity index (χ1n) is 8.52. The molecule has 4 nitrogen and oxygen atoms in total. The quantitative estimate of drug-likeness (QED) is 0.419. The lowest BCUT2D eigenvalue weighted by atomic mass is 9.78. The molecule has 22 heavy (non-hydrogen) atoms. The number of ether oxygens (including phenoxy) is 1. The summed E-state index contributed by atoms with van der Waals surface area (Å²) in [6.07, 6.45) is 6.77. The van der Waals surface area contributed by atoms with Gasteiger partial charge in [0.15, 0.2) is 5.96 Å². The van der Waals surface area contributed by atoms with Crippen LogP contribution in [0.15, 0.2) is 4.99 Å². The Morgan fingerprint density at radius 1 is 1.27 bits per heavy atom. The molecule has 130 valence electrons. The molecule has 0 spiro atoms. The summed E-state index contributed by atoms with van der Waals surface area (Å²) in [6.45, 7) is 8.65. The van der Waals surface area contributed by atoms with Crippen molar-refractivity contribution in [3.8, 4) is 0 Å². The number of halogens is 1. The third-order valence-electron chi connectivity index (χ3n) is 5.29. The van der Waals surface area contributed by atoms with Crippen LogP contribution in [0.2, 0.25) is 0 Å². The van der Waals surface area contributed by atoms with Gasteiger partial charge >= 0.3 is 0 Å². The molecule has 1 heterocycles. The van der Waals surface area contributed by atoms with Crippen molar-refractivity contribution in [1.82, 2.24) is 10.2 Å². The number of nitrogens with one attached hydrogen (secondary N) is 1. The van der Waals surface area contributed by atoms with Crippen molar-refractivity contribution in [2.75, 3.05) is 40.4 Å². The molecule has 0 radical (unpaired) electrons. The van der Waals surface area contributed by atoms with Crippen LogP contribution in [-0.4, -0.2) is 51.3 Å². The zero-order valence-corrected chi connectivity index (χ0v) is 17.1. The standard InChI is InChI=1S/C17H33N3O.HI/c1-17(2,15-7-5-6-8-15)13-19-16(18-3)20(4)11-14-9-10-21-12-14;/h14-15H,5-13H2,1-4H3,(H,18,19);1H. The van der Waals surface area contributed by atoms with Gasteiger partial charge in [0, 0.05) is 39.7 Å². The van der Waals surface area contributed by atoms with Crippen LogP contribution in [-0.2, 0) is 4.74 Å². The summed E-state index contributed by atoms with van der Waals surface area (Å²) < 4.78 is 5.47. The molecule has 2 fully saturated rings. The van der Waals surface area contributed by atoms with Crippen molar-refractivity contribution >= 4 is 29.9 Å². The Hall–Kier alpha value is -0.0400. The van der Waals surface area contributed by atoms with Crippen LogP contribution in [0, 0.1) is 17.3 Å². The van der Waals surface area contributed by atoms with Crippen LogP contribution in [0.1, 0.15) is 46.0 Å². The van der Waals surface area contributed by atoms with E-state index in [0.29, 0.717) is 11.3 Å². The summed E-state index contributed by atoms with van der Waals surface area (Å²) in [5.74, 6) is 2.53. The smallest absolute Gasteiger partial charge is 0.193 e. The van der Waals surface area contributed by atoms with E-state index in [2.05, 4.69) is 36.1 Å². The molecule has 1 unspecified atom stereocenters. The van der Waals surface area contributed by atoms with Gasteiger partial charge in [0.1, 0.15) is 0 Å². The van der Waals surface area contributed by atoms with Crippen molar-refractivity contribution < 1.29 is 4.74 Å². The van der Waals surface area contributed by atoms with E-state index in [4.69, 9.17) is 4.74 Å². The molecule has 1 N–H and O–H groups in total. The number of rotatable bonds is 5. The number of hydrogen-bond donors (Lipinski definition) is 1. The summed E-state index contributed by atoms with van der Waals surface area (Å²) in [6, 6.07) is 0. The molecular formula is C17H34IN3O. The molecule has 0 bridgehead atoms. The largest absolute Gasteiger partial charge is 0.381 e. The highest BCUT2D eigenvalue weighted by Gasteiger charge is 2.32. The monoisotopic (exact) mass is 423 g/mol. The van der Waals surface area contributed by atoms with E-state index in [1.54, 1.807) is 0 Å². The molecule has 0 aromatic heterocycles. The zero-order chi connectivity index (χ0) is 15.3. The van der Waals surface area contributed by atoms with E-state index in [1.807, 2.05) is 7.05 Å². The molecule has 0 aromatic carbocycles. The van der Waals surface area contributed by atoms with Crippen LogP contribution in [0.25, 0.3) is 0 Å². The van der Waals surface area contributed by atoms with Crippen molar-refractivity contribution in [3.05, 3.63) is 0 Å². The Bertz CT molecular complexity index is 348. The number of aliphatic imine (C=N–C) groups is 1. The molecular weight excluding hydrogens is 389 g/mol. The average Bonchev–Trinajstić information content (AvgIpc) is 3.12. The highest BCUT2D eigenvalue weighted by Crippen LogP contribution is 2.39. The van der Waals surface area contributed by atoms with E-state index in [-0.39, 0.29) is 24.0 Å². The average molecular weight is 423 g/mol. The second kappa shape index (κ2) is 9.30. The Morgan fingerprint density at radius 2 is 1.95 bits per heavy atom. The second-order valence-corrected chi connectivity index (χ2v) is 7.48. The van der Waals surface area contributed by atoms with Crippen molar-refractivity contribution in [1.29, 1.82) is 0 Å². The fourth-order valence-electron chi connectivity index (χ4n) is 3.74. The molecule has 1 aliphatic carbocycles. The molecule has 1 aliphatic heterocycles. The first-order valence-corrected chi connectivity index (χ1v) is 8.52. The van der Waals surface area contributed by atoms with Gasteiger partial charge in [-0.05, 0) is 30.6 Å². The Labute approximate surface area is 153 Å². The second-order valence-electron chi connectivity index (χ2n) is 7.48. The van der Waals surface area contributed by atoms with E-state index in [9.17, 15) is 0 Å². The molecule has 1 saturated heterocycles. The predicted molar refractivity (Wildman–Crippen MR) is 104 cm³/mol. The lowest BCUT2D eigenvalue weighted by molar-refractivity contribution is 0.180. The van der Waals surface area contributed by atoms with E-state index in [0.717, 1.165) is 38.2 Å². The van der Waals surface area contributed by atoms with Crippen LogP contribution in [0.4, 0.5) is 0 Å². The lowest BCUT2D eigenvalue weighted by Crippen LogP contribution is -2.46. The SMILES string of the molecule is CN=C(NCC(C)(C)C1CCCC1)N(C)CC1CCOC1.I. The van der Waals surface area contributed by atoms with Crippen LogP contribution >= 0.6 is 24.0 Å². The molecule has 2 rings (SSSR count). The third-order valence-corrected chi connectivity index (χ3v) is 5.29. The van der Waals surface area contributed by atoms with Crippen molar-refractivity contribution in [2.45, 2.75) is 46.0 Å². The molecule has 2 aliphatic rings. The minimum Gasteiger partial charge on any atom is -0.381 e. The minimum atomic E-state index is 0. The van der Waals surface area contributed by atoms with Gasteiger partial charge in [-0.25, -0.2) is 0 Å². The normalized spacial score (nSPS) is 23.5. The first kappa shape index (κ1) is 20.0. The van der Waals surface area contributed by atoms with E-state index in [1.165, 1.54) is 32.1 Å².